The summed E-state index contributed by atoms with van der Waals surface area (Å²) in [6, 6.07) is 16.2. The van der Waals surface area contributed by atoms with Crippen molar-refractivity contribution in [3.63, 3.8) is 0 Å². The Morgan fingerprint density at radius 3 is 2.45 bits per heavy atom. The molecular weight excluding hydrogens is 300 g/mol. The molecule has 0 radical (unpaired) electrons. The van der Waals surface area contributed by atoms with Crippen LogP contribution < -0.4 is 0 Å². The van der Waals surface area contributed by atoms with Crippen molar-refractivity contribution >= 4 is 23.6 Å². The van der Waals surface area contributed by atoms with Crippen LogP contribution in [0.5, 0.6) is 0 Å². The lowest BCUT2D eigenvalue weighted by Gasteiger charge is -2.16. The van der Waals surface area contributed by atoms with Gasteiger partial charge in [0.05, 0.1) is 12.2 Å². The summed E-state index contributed by atoms with van der Waals surface area (Å²) in [4.78, 5) is 12.2. The summed E-state index contributed by atoms with van der Waals surface area (Å²) in [6.45, 7) is 1.96. The number of hydrogen-bond donors (Lipinski definition) is 1. The molecule has 0 heterocycles. The van der Waals surface area contributed by atoms with E-state index in [4.69, 9.17) is 16.3 Å². The molecule has 0 bridgehead atoms. The van der Waals surface area contributed by atoms with Crippen molar-refractivity contribution in [3.05, 3.63) is 76.3 Å². The van der Waals surface area contributed by atoms with Crippen LogP contribution in [0.2, 0.25) is 5.02 Å². The fourth-order valence-electron chi connectivity index (χ4n) is 2.06. The van der Waals surface area contributed by atoms with Gasteiger partial charge in [-0.2, -0.15) is 0 Å². The maximum absolute atomic E-state index is 12.2. The number of benzene rings is 2. The quantitative estimate of drug-likeness (QED) is 0.669. The average Bonchev–Trinajstić information content (AvgIpc) is 2.53. The molecule has 0 saturated carbocycles. The van der Waals surface area contributed by atoms with Gasteiger partial charge >= 0.3 is 5.97 Å². The number of aliphatic hydroxyl groups excluding tert-OH is 1. The highest BCUT2D eigenvalue weighted by Crippen LogP contribution is 2.29. The first-order valence-electron chi connectivity index (χ1n) is 6.99. The van der Waals surface area contributed by atoms with Crippen molar-refractivity contribution in [3.8, 4) is 0 Å². The highest BCUT2D eigenvalue weighted by atomic mass is 35.5. The second-order valence-corrected chi connectivity index (χ2v) is 5.06. The number of halogens is 1. The second-order valence-electron chi connectivity index (χ2n) is 4.65. The first kappa shape index (κ1) is 16.3. The number of carbonyl (C=O) groups excluding carboxylic acids is 1. The summed E-state index contributed by atoms with van der Waals surface area (Å²) in [6.07, 6.45) is 0.472. The van der Waals surface area contributed by atoms with Gasteiger partial charge in [0.15, 0.2) is 0 Å². The Bertz CT molecular complexity index is 665. The van der Waals surface area contributed by atoms with Crippen LogP contribution in [0.15, 0.2) is 60.2 Å². The second kappa shape index (κ2) is 7.78. The first-order valence-corrected chi connectivity index (χ1v) is 7.37. The number of esters is 1. The van der Waals surface area contributed by atoms with Crippen molar-refractivity contribution in [2.45, 2.75) is 13.0 Å². The Kier molecular flexibility index (Phi) is 5.75. The number of aliphatic hydroxyl groups is 1. The summed E-state index contributed by atoms with van der Waals surface area (Å²) in [5.41, 5.74) is 1.43. The monoisotopic (exact) mass is 316 g/mol. The van der Waals surface area contributed by atoms with Crippen LogP contribution in [0.4, 0.5) is 0 Å². The Morgan fingerprint density at radius 2 is 1.82 bits per heavy atom. The molecule has 2 aromatic rings. The highest BCUT2D eigenvalue weighted by Gasteiger charge is 2.23. The lowest BCUT2D eigenvalue weighted by molar-refractivity contribution is -0.139. The van der Waals surface area contributed by atoms with Crippen LogP contribution in [-0.4, -0.2) is 17.7 Å². The van der Waals surface area contributed by atoms with Gasteiger partial charge < -0.3 is 9.84 Å². The predicted octanol–water partition coefficient (Wildman–Crippen LogP) is 4.02. The zero-order valence-electron chi connectivity index (χ0n) is 12.2. The van der Waals surface area contributed by atoms with E-state index in [1.54, 1.807) is 37.3 Å². The molecular formula is C18H17ClO3. The fraction of sp³-hybridized carbons (Fsp3) is 0.167. The fourth-order valence-corrected chi connectivity index (χ4v) is 2.30. The van der Waals surface area contributed by atoms with Gasteiger partial charge in [0.1, 0.15) is 6.10 Å². The third kappa shape index (κ3) is 3.97. The van der Waals surface area contributed by atoms with E-state index in [1.807, 2.05) is 30.3 Å². The minimum absolute atomic E-state index is 0.154. The third-order valence-electron chi connectivity index (χ3n) is 3.13. The molecule has 0 fully saturated rings. The Balaban J connectivity index is 2.43. The van der Waals surface area contributed by atoms with Crippen LogP contribution in [0, 0.1) is 0 Å². The van der Waals surface area contributed by atoms with E-state index in [9.17, 15) is 9.90 Å². The Morgan fingerprint density at radius 1 is 1.18 bits per heavy atom. The molecule has 2 rings (SSSR count). The smallest absolute Gasteiger partial charge is 0.337 e. The van der Waals surface area contributed by atoms with Crippen molar-refractivity contribution in [1.29, 1.82) is 0 Å². The highest BCUT2D eigenvalue weighted by molar-refractivity contribution is 6.31. The number of hydrogen-bond acceptors (Lipinski definition) is 3. The standard InChI is InChI=1S/C18H17ClO3/c1-2-22-18(21)15(12-13-8-4-3-5-9-13)17(20)14-10-6-7-11-16(14)19/h3-12,17,20H,2H2,1H3/b15-12-. The number of ether oxygens (including phenoxy) is 1. The molecule has 4 heteroatoms. The molecule has 22 heavy (non-hydrogen) atoms. The molecule has 1 atom stereocenters. The molecule has 0 saturated heterocycles. The summed E-state index contributed by atoms with van der Waals surface area (Å²) < 4.78 is 5.05. The zero-order valence-corrected chi connectivity index (χ0v) is 13.0. The van der Waals surface area contributed by atoms with Crippen LogP contribution in [0.25, 0.3) is 6.08 Å². The molecule has 0 aliphatic heterocycles. The average molecular weight is 317 g/mol. The molecule has 114 valence electrons. The summed E-state index contributed by atoms with van der Waals surface area (Å²) in [5, 5.41) is 11.0. The third-order valence-corrected chi connectivity index (χ3v) is 3.47. The summed E-state index contributed by atoms with van der Waals surface area (Å²) in [7, 11) is 0. The topological polar surface area (TPSA) is 46.5 Å². The molecule has 1 unspecified atom stereocenters. The van der Waals surface area contributed by atoms with Crippen LogP contribution in [0.3, 0.4) is 0 Å². The van der Waals surface area contributed by atoms with Gasteiger partial charge in [0, 0.05) is 10.6 Å². The summed E-state index contributed by atoms with van der Waals surface area (Å²) in [5.74, 6) is -0.557. The van der Waals surface area contributed by atoms with E-state index in [2.05, 4.69) is 0 Å². The van der Waals surface area contributed by atoms with E-state index in [-0.39, 0.29) is 12.2 Å². The zero-order chi connectivity index (χ0) is 15.9. The molecule has 0 amide bonds. The van der Waals surface area contributed by atoms with Crippen LogP contribution in [-0.2, 0) is 9.53 Å². The molecule has 0 aliphatic rings. The minimum atomic E-state index is -1.15. The van der Waals surface area contributed by atoms with Gasteiger partial charge in [0.2, 0.25) is 0 Å². The maximum atomic E-state index is 12.2. The van der Waals surface area contributed by atoms with Crippen molar-refractivity contribution in [2.24, 2.45) is 0 Å². The van der Waals surface area contributed by atoms with Crippen molar-refractivity contribution < 1.29 is 14.6 Å². The SMILES string of the molecule is CCOC(=O)/C(=C\c1ccccc1)C(O)c1ccccc1Cl. The van der Waals surface area contributed by atoms with Gasteiger partial charge in [-0.15, -0.1) is 0 Å². The Labute approximate surface area is 134 Å². The van der Waals surface area contributed by atoms with E-state index >= 15 is 0 Å². The van der Waals surface area contributed by atoms with Crippen LogP contribution in [0.1, 0.15) is 24.2 Å². The normalized spacial score (nSPS) is 12.8. The minimum Gasteiger partial charge on any atom is -0.463 e. The largest absolute Gasteiger partial charge is 0.463 e. The molecule has 3 nitrogen and oxygen atoms in total. The molecule has 0 aromatic heterocycles. The molecule has 1 N–H and O–H groups in total. The number of rotatable bonds is 5. The van der Waals surface area contributed by atoms with Gasteiger partial charge in [-0.05, 0) is 24.6 Å². The maximum Gasteiger partial charge on any atom is 0.337 e. The molecule has 0 aliphatic carbocycles. The van der Waals surface area contributed by atoms with Crippen molar-refractivity contribution in [1.82, 2.24) is 0 Å². The number of carbonyl (C=O) groups is 1. The lowest BCUT2D eigenvalue weighted by atomic mass is 9.99. The van der Waals surface area contributed by atoms with Gasteiger partial charge in [-0.1, -0.05) is 60.1 Å². The van der Waals surface area contributed by atoms with Crippen molar-refractivity contribution in [2.75, 3.05) is 6.61 Å². The Hall–Kier alpha value is -2.10. The summed E-state index contributed by atoms with van der Waals surface area (Å²) >= 11 is 6.11. The first-order chi connectivity index (χ1) is 10.6. The van der Waals surface area contributed by atoms with Crippen LogP contribution >= 0.6 is 11.6 Å². The lowest BCUT2D eigenvalue weighted by Crippen LogP contribution is -2.15. The van der Waals surface area contributed by atoms with E-state index < -0.39 is 12.1 Å². The van der Waals surface area contributed by atoms with E-state index in [0.29, 0.717) is 10.6 Å². The van der Waals surface area contributed by atoms with Gasteiger partial charge in [0.25, 0.3) is 0 Å². The van der Waals surface area contributed by atoms with Gasteiger partial charge in [-0.3, -0.25) is 0 Å². The van der Waals surface area contributed by atoms with E-state index in [0.717, 1.165) is 5.56 Å². The molecule has 2 aromatic carbocycles. The van der Waals surface area contributed by atoms with Gasteiger partial charge in [-0.25, -0.2) is 4.79 Å². The predicted molar refractivity (Wildman–Crippen MR) is 87.5 cm³/mol. The van der Waals surface area contributed by atoms with E-state index in [1.165, 1.54) is 0 Å². The molecule has 0 spiro atoms.